The van der Waals surface area contributed by atoms with E-state index in [9.17, 15) is 0 Å². The van der Waals surface area contributed by atoms with Gasteiger partial charge in [0.05, 0.1) is 0 Å². The SMILES string of the molecule is Cc1c(Cl)cccc1Oc1ccc(CC2CCNCC2)cc1. The van der Waals surface area contributed by atoms with Gasteiger partial charge in [0.2, 0.25) is 0 Å². The van der Waals surface area contributed by atoms with Crippen LogP contribution in [0.1, 0.15) is 24.0 Å². The Labute approximate surface area is 137 Å². The lowest BCUT2D eigenvalue weighted by Crippen LogP contribution is -2.28. The van der Waals surface area contributed by atoms with Crippen LogP contribution in [0.5, 0.6) is 11.5 Å². The fraction of sp³-hybridized carbons (Fsp3) is 0.368. The molecule has 0 unspecified atom stereocenters. The fourth-order valence-electron chi connectivity index (χ4n) is 2.94. The van der Waals surface area contributed by atoms with Gasteiger partial charge in [-0.25, -0.2) is 0 Å². The summed E-state index contributed by atoms with van der Waals surface area (Å²) in [5.41, 5.74) is 2.37. The Morgan fingerprint density at radius 1 is 1.09 bits per heavy atom. The highest BCUT2D eigenvalue weighted by atomic mass is 35.5. The van der Waals surface area contributed by atoms with E-state index in [2.05, 4.69) is 29.6 Å². The first kappa shape index (κ1) is 15.4. The van der Waals surface area contributed by atoms with E-state index in [0.29, 0.717) is 0 Å². The standard InChI is InChI=1S/C19H22ClNO/c1-14-18(20)3-2-4-19(14)22-17-7-5-15(6-8-17)13-16-9-11-21-12-10-16/h2-8,16,21H,9-13H2,1H3. The maximum absolute atomic E-state index is 6.13. The van der Waals surface area contributed by atoms with Crippen molar-refractivity contribution in [1.29, 1.82) is 0 Å². The van der Waals surface area contributed by atoms with Crippen LogP contribution in [0.2, 0.25) is 5.02 Å². The Morgan fingerprint density at radius 3 is 2.55 bits per heavy atom. The summed E-state index contributed by atoms with van der Waals surface area (Å²) in [7, 11) is 0. The van der Waals surface area contributed by atoms with Crippen LogP contribution in [0.3, 0.4) is 0 Å². The molecule has 3 heteroatoms. The Kier molecular flexibility index (Phi) is 5.01. The van der Waals surface area contributed by atoms with Crippen molar-refractivity contribution in [3.05, 3.63) is 58.6 Å². The zero-order valence-corrected chi connectivity index (χ0v) is 13.7. The predicted molar refractivity (Wildman–Crippen MR) is 92.0 cm³/mol. The van der Waals surface area contributed by atoms with Crippen LogP contribution in [0, 0.1) is 12.8 Å². The van der Waals surface area contributed by atoms with E-state index < -0.39 is 0 Å². The van der Waals surface area contributed by atoms with Crippen molar-refractivity contribution in [3.8, 4) is 11.5 Å². The van der Waals surface area contributed by atoms with Gasteiger partial charge in [-0.2, -0.15) is 0 Å². The molecule has 22 heavy (non-hydrogen) atoms. The Balaban J connectivity index is 1.65. The number of rotatable bonds is 4. The monoisotopic (exact) mass is 315 g/mol. The zero-order valence-electron chi connectivity index (χ0n) is 12.9. The van der Waals surface area contributed by atoms with Crippen molar-refractivity contribution in [1.82, 2.24) is 5.32 Å². The second-order valence-corrected chi connectivity index (χ2v) is 6.41. The highest BCUT2D eigenvalue weighted by molar-refractivity contribution is 6.31. The number of hydrogen-bond donors (Lipinski definition) is 1. The molecule has 0 aromatic heterocycles. The molecule has 2 aromatic carbocycles. The number of nitrogens with one attached hydrogen (secondary N) is 1. The predicted octanol–water partition coefficient (Wildman–Crippen LogP) is 4.98. The van der Waals surface area contributed by atoms with Crippen LogP contribution in [0.4, 0.5) is 0 Å². The zero-order chi connectivity index (χ0) is 15.4. The summed E-state index contributed by atoms with van der Waals surface area (Å²) in [5, 5.41) is 4.15. The van der Waals surface area contributed by atoms with Crippen molar-refractivity contribution in [2.24, 2.45) is 5.92 Å². The van der Waals surface area contributed by atoms with Crippen molar-refractivity contribution in [3.63, 3.8) is 0 Å². The van der Waals surface area contributed by atoms with E-state index >= 15 is 0 Å². The molecule has 1 aliphatic rings. The molecule has 2 aromatic rings. The third kappa shape index (κ3) is 3.82. The Bertz CT molecular complexity index is 618. The van der Waals surface area contributed by atoms with Crippen LogP contribution in [0.25, 0.3) is 0 Å². The molecule has 1 fully saturated rings. The molecule has 0 saturated carbocycles. The molecule has 1 aliphatic heterocycles. The molecule has 0 bridgehead atoms. The molecule has 2 nitrogen and oxygen atoms in total. The molecular formula is C19H22ClNO. The fourth-order valence-corrected chi connectivity index (χ4v) is 3.10. The molecule has 0 atom stereocenters. The maximum Gasteiger partial charge on any atom is 0.131 e. The van der Waals surface area contributed by atoms with Crippen molar-refractivity contribution in [2.75, 3.05) is 13.1 Å². The van der Waals surface area contributed by atoms with Gasteiger partial charge in [-0.1, -0.05) is 29.8 Å². The van der Waals surface area contributed by atoms with E-state index in [1.165, 1.54) is 18.4 Å². The summed E-state index contributed by atoms with van der Waals surface area (Å²) >= 11 is 6.13. The molecule has 0 radical (unpaired) electrons. The smallest absolute Gasteiger partial charge is 0.131 e. The van der Waals surface area contributed by atoms with Crippen LogP contribution >= 0.6 is 11.6 Å². The first-order chi connectivity index (χ1) is 10.7. The maximum atomic E-state index is 6.13. The molecule has 1 heterocycles. The molecule has 0 spiro atoms. The van der Waals surface area contributed by atoms with Gasteiger partial charge >= 0.3 is 0 Å². The molecule has 1 N–H and O–H groups in total. The first-order valence-electron chi connectivity index (χ1n) is 7.95. The number of piperidine rings is 1. The van der Waals surface area contributed by atoms with Crippen molar-refractivity contribution in [2.45, 2.75) is 26.2 Å². The second kappa shape index (κ2) is 7.17. The lowest BCUT2D eigenvalue weighted by atomic mass is 9.91. The number of halogens is 1. The van der Waals surface area contributed by atoms with Gasteiger partial charge in [0.15, 0.2) is 0 Å². The van der Waals surface area contributed by atoms with Crippen LogP contribution in [-0.4, -0.2) is 13.1 Å². The van der Waals surface area contributed by atoms with E-state index in [-0.39, 0.29) is 0 Å². The highest BCUT2D eigenvalue weighted by Gasteiger charge is 2.13. The number of benzene rings is 2. The quantitative estimate of drug-likeness (QED) is 0.859. The molecule has 0 aliphatic carbocycles. The van der Waals surface area contributed by atoms with Gasteiger partial charge < -0.3 is 10.1 Å². The largest absolute Gasteiger partial charge is 0.457 e. The third-order valence-electron chi connectivity index (χ3n) is 4.35. The minimum absolute atomic E-state index is 0.736. The Morgan fingerprint density at radius 2 is 1.82 bits per heavy atom. The third-order valence-corrected chi connectivity index (χ3v) is 4.76. The van der Waals surface area contributed by atoms with Crippen molar-refractivity contribution >= 4 is 11.6 Å². The first-order valence-corrected chi connectivity index (χ1v) is 8.33. The molecule has 116 valence electrons. The minimum atomic E-state index is 0.736. The average molecular weight is 316 g/mol. The van der Waals surface area contributed by atoms with Crippen LogP contribution < -0.4 is 10.1 Å². The summed E-state index contributed by atoms with van der Waals surface area (Å²) in [5.74, 6) is 2.49. The lowest BCUT2D eigenvalue weighted by molar-refractivity contribution is 0.372. The molecule has 1 saturated heterocycles. The van der Waals surface area contributed by atoms with Crippen LogP contribution in [-0.2, 0) is 6.42 Å². The summed E-state index contributed by atoms with van der Waals surface area (Å²) in [6.45, 7) is 4.28. The molecular weight excluding hydrogens is 294 g/mol. The van der Waals surface area contributed by atoms with Gasteiger partial charge in [-0.15, -0.1) is 0 Å². The van der Waals surface area contributed by atoms with Gasteiger partial charge in [0.1, 0.15) is 11.5 Å². The number of hydrogen-bond acceptors (Lipinski definition) is 2. The minimum Gasteiger partial charge on any atom is -0.457 e. The van der Waals surface area contributed by atoms with Crippen LogP contribution in [0.15, 0.2) is 42.5 Å². The normalized spacial score (nSPS) is 15.7. The Hall–Kier alpha value is -1.51. The van der Waals surface area contributed by atoms with Crippen molar-refractivity contribution < 1.29 is 4.74 Å². The lowest BCUT2D eigenvalue weighted by Gasteiger charge is -2.22. The van der Waals surface area contributed by atoms with Gasteiger partial charge in [0.25, 0.3) is 0 Å². The van der Waals surface area contributed by atoms with Gasteiger partial charge in [-0.3, -0.25) is 0 Å². The molecule has 0 amide bonds. The van der Waals surface area contributed by atoms with E-state index in [1.807, 2.05) is 25.1 Å². The average Bonchev–Trinajstić information content (AvgIpc) is 2.55. The topological polar surface area (TPSA) is 21.3 Å². The summed E-state index contributed by atoms with van der Waals surface area (Å²) in [6, 6.07) is 14.2. The highest BCUT2D eigenvalue weighted by Crippen LogP contribution is 2.30. The second-order valence-electron chi connectivity index (χ2n) is 6.01. The summed E-state index contributed by atoms with van der Waals surface area (Å²) in [6.07, 6.45) is 3.72. The van der Waals surface area contributed by atoms with Gasteiger partial charge in [0, 0.05) is 10.6 Å². The molecule has 3 rings (SSSR count). The summed E-state index contributed by atoms with van der Waals surface area (Å²) in [4.78, 5) is 0. The van der Waals surface area contributed by atoms with E-state index in [1.54, 1.807) is 0 Å². The number of ether oxygens (including phenoxy) is 1. The van der Waals surface area contributed by atoms with E-state index in [4.69, 9.17) is 16.3 Å². The summed E-state index contributed by atoms with van der Waals surface area (Å²) < 4.78 is 5.94. The van der Waals surface area contributed by atoms with E-state index in [0.717, 1.165) is 47.5 Å². The van der Waals surface area contributed by atoms with Gasteiger partial charge in [-0.05, 0) is 75.0 Å².